The van der Waals surface area contributed by atoms with Gasteiger partial charge in [0.1, 0.15) is 5.78 Å². The molecule has 1 aliphatic carbocycles. The van der Waals surface area contributed by atoms with E-state index < -0.39 is 0 Å². The molecule has 17 heavy (non-hydrogen) atoms. The first-order chi connectivity index (χ1) is 8.29. The van der Waals surface area contributed by atoms with Gasteiger partial charge >= 0.3 is 0 Å². The summed E-state index contributed by atoms with van der Waals surface area (Å²) in [6, 6.07) is 4.08. The highest BCUT2D eigenvalue weighted by molar-refractivity contribution is 5.83. The molecule has 1 aliphatic rings. The van der Waals surface area contributed by atoms with Crippen molar-refractivity contribution >= 4 is 5.78 Å². The summed E-state index contributed by atoms with van der Waals surface area (Å²) in [5.41, 5.74) is 1.27. The van der Waals surface area contributed by atoms with Crippen LogP contribution in [0.1, 0.15) is 31.7 Å². The molecule has 0 N–H and O–H groups in total. The normalized spacial score (nSPS) is 20.1. The highest BCUT2D eigenvalue weighted by Crippen LogP contribution is 2.22. The lowest BCUT2D eigenvalue weighted by Crippen LogP contribution is -2.30. The number of carbonyl (C=O) groups excluding carboxylic acids is 1. The zero-order valence-electron chi connectivity index (χ0n) is 10.4. The van der Waals surface area contributed by atoms with E-state index in [1.807, 2.05) is 24.5 Å². The second-order valence-electron chi connectivity index (χ2n) is 4.74. The van der Waals surface area contributed by atoms with Gasteiger partial charge in [-0.25, -0.2) is 0 Å². The number of Topliss-reactive ketones (excluding diaryl/α,β-unsaturated/α-hetero) is 1. The fourth-order valence-corrected chi connectivity index (χ4v) is 2.44. The summed E-state index contributed by atoms with van der Waals surface area (Å²) in [6.07, 6.45) is 6.59. The third-order valence-corrected chi connectivity index (χ3v) is 3.51. The standard InChI is InChI=1S/C14H20N2O/c1-2-16(10-12-6-8-15-9-7-12)11-13-4-3-5-14(13)17/h6-9,13H,2-5,10-11H2,1H3. The Morgan fingerprint density at radius 3 is 2.76 bits per heavy atom. The van der Waals surface area contributed by atoms with Gasteiger partial charge in [-0.05, 0) is 37.1 Å². The lowest BCUT2D eigenvalue weighted by Gasteiger charge is -2.23. The van der Waals surface area contributed by atoms with Crippen molar-refractivity contribution in [1.29, 1.82) is 0 Å². The van der Waals surface area contributed by atoms with Crippen LogP contribution in [0.2, 0.25) is 0 Å². The largest absolute Gasteiger partial charge is 0.299 e. The topological polar surface area (TPSA) is 33.2 Å². The number of aromatic nitrogens is 1. The fraction of sp³-hybridized carbons (Fsp3) is 0.571. The van der Waals surface area contributed by atoms with Crippen LogP contribution in [0.25, 0.3) is 0 Å². The zero-order chi connectivity index (χ0) is 12.1. The van der Waals surface area contributed by atoms with Crippen LogP contribution in [0.15, 0.2) is 24.5 Å². The van der Waals surface area contributed by atoms with Crippen LogP contribution in [0.4, 0.5) is 0 Å². The molecule has 0 bridgehead atoms. The summed E-state index contributed by atoms with van der Waals surface area (Å²) in [6.45, 7) is 4.98. The third-order valence-electron chi connectivity index (χ3n) is 3.51. The second kappa shape index (κ2) is 5.92. The molecule has 1 aromatic rings. The predicted molar refractivity (Wildman–Crippen MR) is 67.5 cm³/mol. The first-order valence-corrected chi connectivity index (χ1v) is 6.43. The Labute approximate surface area is 103 Å². The molecule has 0 radical (unpaired) electrons. The van der Waals surface area contributed by atoms with Gasteiger partial charge in [-0.15, -0.1) is 0 Å². The minimum atomic E-state index is 0.275. The van der Waals surface area contributed by atoms with E-state index >= 15 is 0 Å². The Bertz CT molecular complexity index is 364. The smallest absolute Gasteiger partial charge is 0.137 e. The number of rotatable bonds is 5. The number of ketones is 1. The molecule has 3 heteroatoms. The number of hydrogen-bond acceptors (Lipinski definition) is 3. The maximum Gasteiger partial charge on any atom is 0.137 e. The van der Waals surface area contributed by atoms with Crippen LogP contribution < -0.4 is 0 Å². The van der Waals surface area contributed by atoms with Crippen LogP contribution >= 0.6 is 0 Å². The van der Waals surface area contributed by atoms with Crippen molar-refractivity contribution in [3.8, 4) is 0 Å². The van der Waals surface area contributed by atoms with Crippen LogP contribution in [0.3, 0.4) is 0 Å². The SMILES string of the molecule is CCN(Cc1ccncc1)CC1CCCC1=O. The Kier molecular flexibility index (Phi) is 4.26. The van der Waals surface area contributed by atoms with Crippen LogP contribution in [-0.2, 0) is 11.3 Å². The van der Waals surface area contributed by atoms with Crippen molar-refractivity contribution in [3.05, 3.63) is 30.1 Å². The lowest BCUT2D eigenvalue weighted by molar-refractivity contribution is -0.121. The van der Waals surface area contributed by atoms with Crippen molar-refractivity contribution in [1.82, 2.24) is 9.88 Å². The molecule has 1 saturated carbocycles. The Morgan fingerprint density at radius 2 is 2.18 bits per heavy atom. The van der Waals surface area contributed by atoms with Crippen molar-refractivity contribution in [2.75, 3.05) is 13.1 Å². The van der Waals surface area contributed by atoms with Crippen molar-refractivity contribution in [2.24, 2.45) is 5.92 Å². The number of nitrogens with zero attached hydrogens (tertiary/aromatic N) is 2. The van der Waals surface area contributed by atoms with Crippen molar-refractivity contribution < 1.29 is 4.79 Å². The van der Waals surface area contributed by atoms with Gasteiger partial charge < -0.3 is 0 Å². The molecule has 0 saturated heterocycles. The van der Waals surface area contributed by atoms with Gasteiger partial charge in [0.25, 0.3) is 0 Å². The third kappa shape index (κ3) is 3.37. The van der Waals surface area contributed by atoms with Crippen LogP contribution in [-0.4, -0.2) is 28.8 Å². The maximum atomic E-state index is 11.6. The molecule has 1 unspecified atom stereocenters. The molecule has 1 aromatic heterocycles. The first kappa shape index (κ1) is 12.2. The van der Waals surface area contributed by atoms with Gasteiger partial charge in [0.15, 0.2) is 0 Å². The van der Waals surface area contributed by atoms with Gasteiger partial charge in [0.05, 0.1) is 0 Å². The number of carbonyl (C=O) groups is 1. The van der Waals surface area contributed by atoms with Gasteiger partial charge in [-0.3, -0.25) is 14.7 Å². The Balaban J connectivity index is 1.90. The monoisotopic (exact) mass is 232 g/mol. The van der Waals surface area contributed by atoms with E-state index in [2.05, 4.69) is 16.8 Å². The summed E-state index contributed by atoms with van der Waals surface area (Å²) in [4.78, 5) is 18.0. The summed E-state index contributed by atoms with van der Waals surface area (Å²) in [7, 11) is 0. The van der Waals surface area contributed by atoms with E-state index in [1.54, 1.807) is 0 Å². The predicted octanol–water partition coefficient (Wildman–Crippen LogP) is 2.27. The first-order valence-electron chi connectivity index (χ1n) is 6.43. The van der Waals surface area contributed by atoms with E-state index in [-0.39, 0.29) is 5.92 Å². The fourth-order valence-electron chi connectivity index (χ4n) is 2.44. The summed E-state index contributed by atoms with van der Waals surface area (Å²) in [5.74, 6) is 0.731. The Hall–Kier alpha value is -1.22. The molecule has 1 atom stereocenters. The average Bonchev–Trinajstić information content (AvgIpc) is 2.75. The second-order valence-corrected chi connectivity index (χ2v) is 4.74. The highest BCUT2D eigenvalue weighted by atomic mass is 16.1. The molecule has 3 nitrogen and oxygen atoms in total. The molecule has 0 aliphatic heterocycles. The molecule has 0 spiro atoms. The lowest BCUT2D eigenvalue weighted by atomic mass is 10.1. The van der Waals surface area contributed by atoms with Crippen molar-refractivity contribution in [3.63, 3.8) is 0 Å². The van der Waals surface area contributed by atoms with Gasteiger partial charge in [0.2, 0.25) is 0 Å². The summed E-state index contributed by atoms with van der Waals surface area (Å²) < 4.78 is 0. The van der Waals surface area contributed by atoms with E-state index in [0.717, 1.165) is 38.9 Å². The average molecular weight is 232 g/mol. The van der Waals surface area contributed by atoms with E-state index in [0.29, 0.717) is 5.78 Å². The van der Waals surface area contributed by atoms with Crippen molar-refractivity contribution in [2.45, 2.75) is 32.7 Å². The molecular formula is C14H20N2O. The molecule has 0 amide bonds. The minimum absolute atomic E-state index is 0.275. The van der Waals surface area contributed by atoms with Gasteiger partial charge in [-0.1, -0.05) is 6.92 Å². The molecule has 2 rings (SSSR count). The van der Waals surface area contributed by atoms with Crippen LogP contribution in [0.5, 0.6) is 0 Å². The quantitative estimate of drug-likeness (QED) is 0.781. The van der Waals surface area contributed by atoms with E-state index in [1.165, 1.54) is 5.56 Å². The molecule has 92 valence electrons. The van der Waals surface area contributed by atoms with E-state index in [4.69, 9.17) is 0 Å². The minimum Gasteiger partial charge on any atom is -0.299 e. The number of pyridine rings is 1. The van der Waals surface area contributed by atoms with E-state index in [9.17, 15) is 4.79 Å². The molecule has 0 aromatic carbocycles. The highest BCUT2D eigenvalue weighted by Gasteiger charge is 2.25. The molecular weight excluding hydrogens is 212 g/mol. The summed E-state index contributed by atoms with van der Waals surface area (Å²) >= 11 is 0. The van der Waals surface area contributed by atoms with Crippen LogP contribution in [0, 0.1) is 5.92 Å². The zero-order valence-corrected chi connectivity index (χ0v) is 10.4. The number of hydrogen-bond donors (Lipinski definition) is 0. The van der Waals surface area contributed by atoms with Gasteiger partial charge in [0, 0.05) is 37.8 Å². The summed E-state index contributed by atoms with van der Waals surface area (Å²) in [5, 5.41) is 0. The van der Waals surface area contributed by atoms with Gasteiger partial charge in [-0.2, -0.15) is 0 Å². The Morgan fingerprint density at radius 1 is 1.41 bits per heavy atom. The molecule has 1 heterocycles. The maximum absolute atomic E-state index is 11.6. The molecule has 1 fully saturated rings.